The maximum atomic E-state index is 5.29. The highest BCUT2D eigenvalue weighted by Gasteiger charge is 2.04. The molecule has 0 bridgehead atoms. The summed E-state index contributed by atoms with van der Waals surface area (Å²) in [4.78, 5) is 8.20. The van der Waals surface area contributed by atoms with Crippen LogP contribution >= 0.6 is 23.7 Å². The van der Waals surface area contributed by atoms with Crippen molar-refractivity contribution in [2.45, 2.75) is 0 Å². The van der Waals surface area contributed by atoms with Gasteiger partial charge in [0.1, 0.15) is 5.75 Å². The van der Waals surface area contributed by atoms with E-state index in [1.54, 1.807) is 7.11 Å². The van der Waals surface area contributed by atoms with Crippen molar-refractivity contribution < 1.29 is 4.74 Å². The van der Waals surface area contributed by atoms with Gasteiger partial charge < -0.3 is 16.2 Å². The van der Waals surface area contributed by atoms with Gasteiger partial charge >= 0.3 is 0 Å². The van der Waals surface area contributed by atoms with Crippen molar-refractivity contribution in [1.82, 2.24) is 4.98 Å². The second-order valence-electron chi connectivity index (χ2n) is 3.28. The van der Waals surface area contributed by atoms with Crippen molar-refractivity contribution in [2.75, 3.05) is 7.11 Å². The molecule has 1 aromatic heterocycles. The standard InChI is InChI=1S/C11H12N4OS.ClH/c1-16-8-4-2-7(3-5-8)9-6-17-11(14-9)15-10(12)13;/h2-6H,1H3,(H4,12,13,14,15);1H. The molecular formula is C11H13ClN4OS. The molecule has 0 spiro atoms. The molecule has 2 rings (SSSR count). The van der Waals surface area contributed by atoms with Crippen LogP contribution in [0.1, 0.15) is 0 Å². The number of hydrogen-bond donors (Lipinski definition) is 2. The number of aromatic nitrogens is 1. The Morgan fingerprint density at radius 2 is 1.94 bits per heavy atom. The number of ether oxygens (including phenoxy) is 1. The van der Waals surface area contributed by atoms with E-state index in [-0.39, 0.29) is 18.4 Å². The summed E-state index contributed by atoms with van der Waals surface area (Å²) >= 11 is 1.39. The molecule has 0 saturated carbocycles. The van der Waals surface area contributed by atoms with Crippen LogP contribution in [0.3, 0.4) is 0 Å². The van der Waals surface area contributed by atoms with Crippen LogP contribution in [0.4, 0.5) is 5.13 Å². The maximum Gasteiger partial charge on any atom is 0.212 e. The van der Waals surface area contributed by atoms with E-state index in [9.17, 15) is 0 Å². The van der Waals surface area contributed by atoms with Gasteiger partial charge in [-0.25, -0.2) is 4.98 Å². The highest BCUT2D eigenvalue weighted by molar-refractivity contribution is 7.13. The van der Waals surface area contributed by atoms with E-state index in [4.69, 9.17) is 16.2 Å². The SMILES string of the molecule is COc1ccc(-c2csc(N=C(N)N)n2)cc1.Cl. The lowest BCUT2D eigenvalue weighted by molar-refractivity contribution is 0.415. The fourth-order valence-electron chi connectivity index (χ4n) is 1.32. The Morgan fingerprint density at radius 3 is 2.50 bits per heavy atom. The first kappa shape index (κ1) is 14.3. The van der Waals surface area contributed by atoms with Gasteiger partial charge in [-0.3, -0.25) is 0 Å². The maximum absolute atomic E-state index is 5.29. The molecule has 96 valence electrons. The van der Waals surface area contributed by atoms with Crippen LogP contribution in [0.15, 0.2) is 34.6 Å². The number of nitrogens with two attached hydrogens (primary N) is 2. The van der Waals surface area contributed by atoms with Crippen LogP contribution in [-0.4, -0.2) is 18.1 Å². The predicted molar refractivity (Wildman–Crippen MR) is 76.8 cm³/mol. The summed E-state index contributed by atoms with van der Waals surface area (Å²) in [6.45, 7) is 0. The molecule has 1 heterocycles. The van der Waals surface area contributed by atoms with Crippen LogP contribution in [0.5, 0.6) is 5.75 Å². The lowest BCUT2D eigenvalue weighted by Crippen LogP contribution is -2.21. The van der Waals surface area contributed by atoms with Crippen molar-refractivity contribution in [1.29, 1.82) is 0 Å². The second kappa shape index (κ2) is 6.23. The molecule has 0 aliphatic rings. The Hall–Kier alpha value is -1.79. The minimum Gasteiger partial charge on any atom is -0.497 e. The number of benzene rings is 1. The minimum absolute atomic E-state index is 0. The number of methoxy groups -OCH3 is 1. The van der Waals surface area contributed by atoms with E-state index in [0.717, 1.165) is 17.0 Å². The molecule has 0 aliphatic heterocycles. The van der Waals surface area contributed by atoms with Gasteiger partial charge in [-0.05, 0) is 24.3 Å². The van der Waals surface area contributed by atoms with Gasteiger partial charge in [0.25, 0.3) is 0 Å². The van der Waals surface area contributed by atoms with Gasteiger partial charge in [-0.2, -0.15) is 4.99 Å². The first-order chi connectivity index (χ1) is 8.19. The molecular weight excluding hydrogens is 272 g/mol. The first-order valence-electron chi connectivity index (χ1n) is 4.88. The van der Waals surface area contributed by atoms with Crippen molar-refractivity contribution in [3.8, 4) is 17.0 Å². The molecule has 1 aromatic carbocycles. The number of hydrogen-bond acceptors (Lipinski definition) is 4. The fourth-order valence-corrected chi connectivity index (χ4v) is 2.04. The molecule has 18 heavy (non-hydrogen) atoms. The Balaban J connectivity index is 0.00000162. The summed E-state index contributed by atoms with van der Waals surface area (Å²) in [5, 5.41) is 2.46. The summed E-state index contributed by atoms with van der Waals surface area (Å²) in [5.41, 5.74) is 12.4. The topological polar surface area (TPSA) is 86.5 Å². The summed E-state index contributed by atoms with van der Waals surface area (Å²) < 4.78 is 5.09. The summed E-state index contributed by atoms with van der Waals surface area (Å²) in [6, 6.07) is 7.64. The number of nitrogens with zero attached hydrogens (tertiary/aromatic N) is 2. The normalized spacial score (nSPS) is 9.39. The molecule has 5 nitrogen and oxygen atoms in total. The van der Waals surface area contributed by atoms with Crippen LogP contribution in [0.25, 0.3) is 11.3 Å². The minimum atomic E-state index is 0. The van der Waals surface area contributed by atoms with Crippen LogP contribution in [-0.2, 0) is 0 Å². The molecule has 0 saturated heterocycles. The van der Waals surface area contributed by atoms with Crippen LogP contribution in [0.2, 0.25) is 0 Å². The molecule has 0 atom stereocenters. The first-order valence-corrected chi connectivity index (χ1v) is 5.76. The van der Waals surface area contributed by atoms with Crippen LogP contribution in [0, 0.1) is 0 Å². The summed E-state index contributed by atoms with van der Waals surface area (Å²) in [7, 11) is 1.63. The second-order valence-corrected chi connectivity index (χ2v) is 4.12. The smallest absolute Gasteiger partial charge is 0.212 e. The molecule has 7 heteroatoms. The highest BCUT2D eigenvalue weighted by Crippen LogP contribution is 2.27. The summed E-state index contributed by atoms with van der Waals surface area (Å²) in [5.74, 6) is 0.828. The van der Waals surface area contributed by atoms with Crippen molar-refractivity contribution in [3.05, 3.63) is 29.6 Å². The Labute approximate surface area is 115 Å². The molecule has 0 amide bonds. The van der Waals surface area contributed by atoms with E-state index in [1.807, 2.05) is 29.6 Å². The molecule has 0 aliphatic carbocycles. The third kappa shape index (κ3) is 3.35. The quantitative estimate of drug-likeness (QED) is 0.668. The Morgan fingerprint density at radius 1 is 1.28 bits per heavy atom. The van der Waals surface area contributed by atoms with Crippen molar-refractivity contribution in [3.63, 3.8) is 0 Å². The average Bonchev–Trinajstić information content (AvgIpc) is 2.77. The summed E-state index contributed by atoms with van der Waals surface area (Å²) in [6.07, 6.45) is 0. The van der Waals surface area contributed by atoms with Crippen molar-refractivity contribution >= 4 is 34.8 Å². The molecule has 4 N–H and O–H groups in total. The zero-order chi connectivity index (χ0) is 12.3. The predicted octanol–water partition coefficient (Wildman–Crippen LogP) is 2.15. The fraction of sp³-hybridized carbons (Fsp3) is 0.0909. The third-order valence-corrected chi connectivity index (χ3v) is 2.84. The molecule has 0 unspecified atom stereocenters. The largest absolute Gasteiger partial charge is 0.497 e. The van der Waals surface area contributed by atoms with E-state index >= 15 is 0 Å². The molecule has 0 radical (unpaired) electrons. The van der Waals surface area contributed by atoms with E-state index in [0.29, 0.717) is 5.13 Å². The van der Waals surface area contributed by atoms with Gasteiger partial charge in [-0.1, -0.05) is 0 Å². The molecule has 2 aromatic rings. The van der Waals surface area contributed by atoms with E-state index in [1.165, 1.54) is 11.3 Å². The van der Waals surface area contributed by atoms with E-state index in [2.05, 4.69) is 9.98 Å². The third-order valence-electron chi connectivity index (χ3n) is 2.10. The van der Waals surface area contributed by atoms with E-state index < -0.39 is 0 Å². The zero-order valence-electron chi connectivity index (χ0n) is 9.66. The van der Waals surface area contributed by atoms with Gasteiger partial charge in [0.15, 0.2) is 5.96 Å². The lowest BCUT2D eigenvalue weighted by atomic mass is 10.2. The Kier molecular flexibility index (Phi) is 4.94. The number of rotatable bonds is 3. The van der Waals surface area contributed by atoms with Crippen LogP contribution < -0.4 is 16.2 Å². The van der Waals surface area contributed by atoms with Gasteiger partial charge in [-0.15, -0.1) is 23.7 Å². The van der Waals surface area contributed by atoms with Gasteiger partial charge in [0, 0.05) is 10.9 Å². The number of guanidine groups is 1. The van der Waals surface area contributed by atoms with Gasteiger partial charge in [0.05, 0.1) is 12.8 Å². The monoisotopic (exact) mass is 284 g/mol. The average molecular weight is 285 g/mol. The number of aliphatic imine (C=N–C) groups is 1. The van der Waals surface area contributed by atoms with Crippen molar-refractivity contribution in [2.24, 2.45) is 16.5 Å². The zero-order valence-corrected chi connectivity index (χ0v) is 11.3. The molecule has 0 fully saturated rings. The van der Waals surface area contributed by atoms with Gasteiger partial charge in [0.2, 0.25) is 5.13 Å². The number of halogens is 1. The lowest BCUT2D eigenvalue weighted by Gasteiger charge is -2.00. The Bertz CT molecular complexity index is 534. The highest BCUT2D eigenvalue weighted by atomic mass is 35.5. The number of thiazole rings is 1.